The van der Waals surface area contributed by atoms with E-state index in [1.165, 1.54) is 35.1 Å². The highest BCUT2D eigenvalue weighted by Crippen LogP contribution is 2.37. The SMILES string of the molecule is COC(=O)CNC(=O)CSc1nc2sc(C)c(-c3ccc(F)cc3)c2c(=O)n1-c1ccccc1. The molecule has 0 saturated heterocycles. The number of amides is 1. The molecule has 1 N–H and O–H groups in total. The number of esters is 1. The Hall–Kier alpha value is -3.50. The van der Waals surface area contributed by atoms with Crippen LogP contribution in [0.15, 0.2) is 64.5 Å². The number of ether oxygens (including phenoxy) is 1. The first kappa shape index (κ1) is 23.7. The van der Waals surface area contributed by atoms with E-state index in [0.717, 1.165) is 27.8 Å². The van der Waals surface area contributed by atoms with E-state index in [4.69, 9.17) is 4.98 Å². The first-order chi connectivity index (χ1) is 16.4. The zero-order chi connectivity index (χ0) is 24.2. The first-order valence-electron chi connectivity index (χ1n) is 10.2. The molecule has 0 spiro atoms. The minimum absolute atomic E-state index is 0.0447. The van der Waals surface area contributed by atoms with Crippen molar-refractivity contribution in [3.63, 3.8) is 0 Å². The van der Waals surface area contributed by atoms with Gasteiger partial charge in [0, 0.05) is 10.4 Å². The van der Waals surface area contributed by atoms with Gasteiger partial charge < -0.3 is 10.1 Å². The normalized spacial score (nSPS) is 10.9. The van der Waals surface area contributed by atoms with Crippen molar-refractivity contribution in [1.82, 2.24) is 14.9 Å². The van der Waals surface area contributed by atoms with Crippen LogP contribution in [0.1, 0.15) is 4.88 Å². The lowest BCUT2D eigenvalue weighted by molar-refractivity contribution is -0.140. The van der Waals surface area contributed by atoms with Crippen molar-refractivity contribution in [2.45, 2.75) is 12.1 Å². The number of para-hydroxylation sites is 1. The second kappa shape index (κ2) is 10.2. The maximum atomic E-state index is 13.8. The highest BCUT2D eigenvalue weighted by Gasteiger charge is 2.21. The summed E-state index contributed by atoms with van der Waals surface area (Å²) in [5.74, 6) is -1.35. The number of hydrogen-bond acceptors (Lipinski definition) is 7. The van der Waals surface area contributed by atoms with Gasteiger partial charge in [-0.25, -0.2) is 9.37 Å². The fourth-order valence-corrected chi connectivity index (χ4v) is 5.36. The van der Waals surface area contributed by atoms with E-state index < -0.39 is 11.9 Å². The van der Waals surface area contributed by atoms with Gasteiger partial charge >= 0.3 is 5.97 Å². The maximum Gasteiger partial charge on any atom is 0.325 e. The van der Waals surface area contributed by atoms with E-state index in [1.807, 2.05) is 25.1 Å². The summed E-state index contributed by atoms with van der Waals surface area (Å²) < 4.78 is 19.5. The molecule has 10 heteroatoms. The molecule has 0 radical (unpaired) electrons. The molecule has 7 nitrogen and oxygen atoms in total. The van der Waals surface area contributed by atoms with E-state index in [2.05, 4.69) is 10.1 Å². The number of carbonyl (C=O) groups is 2. The lowest BCUT2D eigenvalue weighted by atomic mass is 10.0. The van der Waals surface area contributed by atoms with Crippen molar-refractivity contribution in [3.8, 4) is 16.8 Å². The van der Waals surface area contributed by atoms with Gasteiger partial charge in [-0.2, -0.15) is 0 Å². The number of nitrogens with zero attached hydrogens (tertiary/aromatic N) is 2. The summed E-state index contributed by atoms with van der Waals surface area (Å²) in [6, 6.07) is 15.0. The number of nitrogens with one attached hydrogen (secondary N) is 1. The standard InChI is InChI=1S/C24H20FN3O4S2/c1-14-20(15-8-10-16(25)11-9-15)21-22(34-14)27-24(33-13-18(29)26-12-19(30)32-2)28(23(21)31)17-6-4-3-5-7-17/h3-11H,12-13H2,1-2H3,(H,26,29). The lowest BCUT2D eigenvalue weighted by Crippen LogP contribution is -2.31. The quantitative estimate of drug-likeness (QED) is 0.236. The van der Waals surface area contributed by atoms with Crippen molar-refractivity contribution in [3.05, 3.63) is 75.6 Å². The smallest absolute Gasteiger partial charge is 0.325 e. The van der Waals surface area contributed by atoms with E-state index in [1.54, 1.807) is 24.3 Å². The molecule has 0 aliphatic carbocycles. The van der Waals surface area contributed by atoms with Gasteiger partial charge in [0.2, 0.25) is 5.91 Å². The van der Waals surface area contributed by atoms with Crippen LogP contribution in [0.25, 0.3) is 27.0 Å². The van der Waals surface area contributed by atoms with E-state index >= 15 is 0 Å². The van der Waals surface area contributed by atoms with Crippen LogP contribution in [-0.2, 0) is 14.3 Å². The Morgan fingerprint density at radius 1 is 1.15 bits per heavy atom. The van der Waals surface area contributed by atoms with Crippen molar-refractivity contribution >= 4 is 45.2 Å². The monoisotopic (exact) mass is 497 g/mol. The zero-order valence-electron chi connectivity index (χ0n) is 18.3. The van der Waals surface area contributed by atoms with Crippen molar-refractivity contribution in [2.24, 2.45) is 0 Å². The van der Waals surface area contributed by atoms with Crippen LogP contribution >= 0.6 is 23.1 Å². The Morgan fingerprint density at radius 2 is 1.85 bits per heavy atom. The summed E-state index contributed by atoms with van der Waals surface area (Å²) >= 11 is 2.46. The number of aromatic nitrogens is 2. The summed E-state index contributed by atoms with van der Waals surface area (Å²) in [5, 5.41) is 3.27. The molecule has 174 valence electrons. The van der Waals surface area contributed by atoms with Crippen molar-refractivity contribution < 1.29 is 18.7 Å². The van der Waals surface area contributed by atoms with Crippen LogP contribution < -0.4 is 10.9 Å². The predicted molar refractivity (Wildman–Crippen MR) is 131 cm³/mol. The molecule has 34 heavy (non-hydrogen) atoms. The van der Waals surface area contributed by atoms with Gasteiger partial charge in [0.1, 0.15) is 17.2 Å². The van der Waals surface area contributed by atoms with Crippen LogP contribution in [0.5, 0.6) is 0 Å². The summed E-state index contributed by atoms with van der Waals surface area (Å²) in [6.07, 6.45) is 0. The van der Waals surface area contributed by atoms with E-state index in [-0.39, 0.29) is 23.7 Å². The molecule has 4 rings (SSSR count). The number of methoxy groups -OCH3 is 1. The highest BCUT2D eigenvalue weighted by atomic mass is 32.2. The van der Waals surface area contributed by atoms with E-state index in [0.29, 0.717) is 21.1 Å². The van der Waals surface area contributed by atoms with Gasteiger partial charge in [-0.1, -0.05) is 42.1 Å². The molecular formula is C24H20FN3O4S2. The third-order valence-corrected chi connectivity index (χ3v) is 6.95. The largest absolute Gasteiger partial charge is 0.468 e. The summed E-state index contributed by atoms with van der Waals surface area (Å²) in [7, 11) is 1.24. The number of thioether (sulfide) groups is 1. The fraction of sp³-hybridized carbons (Fsp3) is 0.167. The van der Waals surface area contributed by atoms with E-state index in [9.17, 15) is 18.8 Å². The lowest BCUT2D eigenvalue weighted by Gasteiger charge is -2.12. The summed E-state index contributed by atoms with van der Waals surface area (Å²) in [4.78, 5) is 43.4. The molecule has 4 aromatic rings. The number of fused-ring (bicyclic) bond motifs is 1. The number of rotatable bonds is 7. The molecule has 0 bridgehead atoms. The minimum Gasteiger partial charge on any atom is -0.468 e. The minimum atomic E-state index is -0.554. The Balaban J connectivity index is 1.80. The number of carbonyl (C=O) groups excluding carboxylic acids is 2. The molecule has 2 aromatic carbocycles. The predicted octanol–water partition coefficient (Wildman–Crippen LogP) is 3.94. The van der Waals surface area contributed by atoms with Crippen LogP contribution in [0, 0.1) is 12.7 Å². The Labute approximate surface area is 202 Å². The zero-order valence-corrected chi connectivity index (χ0v) is 20.0. The molecule has 0 fully saturated rings. The molecule has 0 aliphatic heterocycles. The number of thiophene rings is 1. The van der Waals surface area contributed by atoms with Crippen LogP contribution in [0.3, 0.4) is 0 Å². The molecule has 0 saturated carbocycles. The molecule has 1 amide bonds. The summed E-state index contributed by atoms with van der Waals surface area (Å²) in [5.41, 5.74) is 1.77. The average molecular weight is 498 g/mol. The van der Waals surface area contributed by atoms with Gasteiger partial charge in [-0.15, -0.1) is 11.3 Å². The molecule has 2 aromatic heterocycles. The topological polar surface area (TPSA) is 90.3 Å². The first-order valence-corrected chi connectivity index (χ1v) is 12.0. The molecule has 2 heterocycles. The molecule has 0 aliphatic rings. The van der Waals surface area contributed by atoms with Gasteiger partial charge in [-0.3, -0.25) is 19.0 Å². The Morgan fingerprint density at radius 3 is 2.53 bits per heavy atom. The maximum absolute atomic E-state index is 13.8. The molecule has 0 atom stereocenters. The fourth-order valence-electron chi connectivity index (χ4n) is 3.43. The van der Waals surface area contributed by atoms with Crippen molar-refractivity contribution in [2.75, 3.05) is 19.4 Å². The Kier molecular flexibility index (Phi) is 7.09. The second-order valence-corrected chi connectivity index (χ2v) is 9.38. The number of benzene rings is 2. The van der Waals surface area contributed by atoms with Crippen molar-refractivity contribution in [1.29, 1.82) is 0 Å². The summed E-state index contributed by atoms with van der Waals surface area (Å²) in [6.45, 7) is 1.66. The van der Waals surface area contributed by atoms with Gasteiger partial charge in [-0.05, 0) is 36.8 Å². The van der Waals surface area contributed by atoms with Crippen LogP contribution in [-0.4, -0.2) is 40.8 Å². The number of halogens is 1. The van der Waals surface area contributed by atoms with Gasteiger partial charge in [0.05, 0.1) is 23.9 Å². The average Bonchev–Trinajstić information content (AvgIpc) is 3.18. The third-order valence-electron chi connectivity index (χ3n) is 5.01. The highest BCUT2D eigenvalue weighted by molar-refractivity contribution is 7.99. The third kappa shape index (κ3) is 4.87. The molecular weight excluding hydrogens is 477 g/mol. The number of hydrogen-bond donors (Lipinski definition) is 1. The second-order valence-electron chi connectivity index (χ2n) is 7.23. The van der Waals surface area contributed by atoms with Crippen LogP contribution in [0.4, 0.5) is 4.39 Å². The van der Waals surface area contributed by atoms with Gasteiger partial charge in [0.15, 0.2) is 5.16 Å². The van der Waals surface area contributed by atoms with Crippen LogP contribution in [0.2, 0.25) is 0 Å². The van der Waals surface area contributed by atoms with Gasteiger partial charge in [0.25, 0.3) is 5.56 Å². The molecule has 0 unspecified atom stereocenters. The number of aryl methyl sites for hydroxylation is 1. The Bertz CT molecular complexity index is 1420.